The highest BCUT2D eigenvalue weighted by Gasteiger charge is 2.15. The van der Waals surface area contributed by atoms with Crippen LogP contribution in [0.2, 0.25) is 0 Å². The molecular weight excluding hydrogens is 368 g/mol. The summed E-state index contributed by atoms with van der Waals surface area (Å²) in [5.41, 5.74) is 0.612. The zero-order valence-corrected chi connectivity index (χ0v) is 16.6. The van der Waals surface area contributed by atoms with E-state index in [-0.39, 0.29) is 25.2 Å². The maximum atomic E-state index is 12.1. The quantitative estimate of drug-likeness (QED) is 0.268. The van der Waals surface area contributed by atoms with Crippen LogP contribution >= 0.6 is 0 Å². The fourth-order valence-electron chi connectivity index (χ4n) is 2.25. The van der Waals surface area contributed by atoms with Gasteiger partial charge in [-0.3, -0.25) is 4.79 Å². The molecule has 8 heteroatoms. The van der Waals surface area contributed by atoms with Crippen LogP contribution in [-0.4, -0.2) is 64.7 Å². The molecule has 0 radical (unpaired) electrons. The van der Waals surface area contributed by atoms with Crippen LogP contribution in [0, 0.1) is 5.92 Å². The molecule has 0 heterocycles. The van der Waals surface area contributed by atoms with Crippen LogP contribution in [0.4, 0.5) is 0 Å². The van der Waals surface area contributed by atoms with Crippen molar-refractivity contribution in [3.63, 3.8) is 0 Å². The fourth-order valence-corrected chi connectivity index (χ4v) is 2.25. The maximum Gasteiger partial charge on any atom is 0.338 e. The van der Waals surface area contributed by atoms with Crippen molar-refractivity contribution in [3.8, 4) is 0 Å². The molecule has 0 saturated carbocycles. The van der Waals surface area contributed by atoms with Crippen molar-refractivity contribution in [1.29, 1.82) is 0 Å². The van der Waals surface area contributed by atoms with Gasteiger partial charge in [-0.1, -0.05) is 6.92 Å². The van der Waals surface area contributed by atoms with E-state index in [9.17, 15) is 14.4 Å². The Morgan fingerprint density at radius 1 is 1.00 bits per heavy atom. The van der Waals surface area contributed by atoms with Crippen molar-refractivity contribution in [1.82, 2.24) is 0 Å². The Balaban J connectivity index is 2.48. The predicted octanol–water partition coefficient (Wildman–Crippen LogP) is 2.25. The predicted molar refractivity (Wildman–Crippen MR) is 100 cm³/mol. The molecule has 0 bridgehead atoms. The van der Waals surface area contributed by atoms with Crippen molar-refractivity contribution in [2.75, 3.05) is 40.1 Å². The SMILES string of the molecule is CCOCC(COC(=O)c1ccc(C(=O)OCCC(C)COC)cc1)OC=O. The second-order valence-electron chi connectivity index (χ2n) is 6.17. The molecule has 0 N–H and O–H groups in total. The van der Waals surface area contributed by atoms with Gasteiger partial charge in [-0.05, 0) is 43.5 Å². The third kappa shape index (κ3) is 8.96. The van der Waals surface area contributed by atoms with Gasteiger partial charge in [-0.2, -0.15) is 0 Å². The molecule has 0 aromatic heterocycles. The molecular formula is C20H28O8. The van der Waals surface area contributed by atoms with E-state index >= 15 is 0 Å². The molecule has 0 saturated heterocycles. The first-order valence-electron chi connectivity index (χ1n) is 9.11. The number of methoxy groups -OCH3 is 1. The van der Waals surface area contributed by atoms with Crippen molar-refractivity contribution in [2.24, 2.45) is 5.92 Å². The van der Waals surface area contributed by atoms with Crippen molar-refractivity contribution in [3.05, 3.63) is 35.4 Å². The van der Waals surface area contributed by atoms with E-state index in [0.29, 0.717) is 37.7 Å². The molecule has 0 amide bonds. The van der Waals surface area contributed by atoms with Crippen LogP contribution < -0.4 is 0 Å². The second-order valence-corrected chi connectivity index (χ2v) is 6.17. The van der Waals surface area contributed by atoms with Gasteiger partial charge in [0.1, 0.15) is 6.61 Å². The Hall–Kier alpha value is -2.45. The Kier molecular flexibility index (Phi) is 11.5. The van der Waals surface area contributed by atoms with Crippen LogP contribution in [0.25, 0.3) is 0 Å². The lowest BCUT2D eigenvalue weighted by Gasteiger charge is -2.15. The molecule has 1 rings (SSSR count). The topological polar surface area (TPSA) is 97.4 Å². The van der Waals surface area contributed by atoms with E-state index in [4.69, 9.17) is 23.7 Å². The van der Waals surface area contributed by atoms with E-state index in [1.165, 1.54) is 24.3 Å². The zero-order chi connectivity index (χ0) is 20.8. The van der Waals surface area contributed by atoms with Gasteiger partial charge in [0, 0.05) is 20.3 Å². The number of benzene rings is 1. The summed E-state index contributed by atoms with van der Waals surface area (Å²) in [5.74, 6) is -0.755. The zero-order valence-electron chi connectivity index (χ0n) is 16.6. The van der Waals surface area contributed by atoms with E-state index in [1.807, 2.05) is 6.92 Å². The van der Waals surface area contributed by atoms with E-state index in [1.54, 1.807) is 14.0 Å². The average molecular weight is 396 g/mol. The van der Waals surface area contributed by atoms with Gasteiger partial charge in [0.25, 0.3) is 6.47 Å². The van der Waals surface area contributed by atoms with Crippen LogP contribution in [0.5, 0.6) is 0 Å². The van der Waals surface area contributed by atoms with Crippen LogP contribution in [0.1, 0.15) is 41.0 Å². The number of ether oxygens (including phenoxy) is 5. The molecule has 0 aliphatic carbocycles. The first kappa shape index (κ1) is 23.6. The fraction of sp³-hybridized carbons (Fsp3) is 0.550. The molecule has 2 atom stereocenters. The Morgan fingerprint density at radius 2 is 1.61 bits per heavy atom. The van der Waals surface area contributed by atoms with Gasteiger partial charge in [-0.15, -0.1) is 0 Å². The lowest BCUT2D eigenvalue weighted by Crippen LogP contribution is -2.27. The highest BCUT2D eigenvalue weighted by atomic mass is 16.6. The number of esters is 2. The first-order chi connectivity index (χ1) is 13.5. The molecule has 0 fully saturated rings. The summed E-state index contributed by atoms with van der Waals surface area (Å²) in [4.78, 5) is 34.6. The summed E-state index contributed by atoms with van der Waals surface area (Å²) in [5, 5.41) is 0. The molecule has 2 unspecified atom stereocenters. The lowest BCUT2D eigenvalue weighted by atomic mass is 10.1. The normalized spacial score (nSPS) is 12.7. The van der Waals surface area contributed by atoms with Gasteiger partial charge in [-0.25, -0.2) is 9.59 Å². The van der Waals surface area contributed by atoms with E-state index in [0.717, 1.165) is 0 Å². The van der Waals surface area contributed by atoms with Gasteiger partial charge in [0.2, 0.25) is 0 Å². The van der Waals surface area contributed by atoms with Crippen molar-refractivity contribution in [2.45, 2.75) is 26.4 Å². The summed E-state index contributed by atoms with van der Waals surface area (Å²) < 4.78 is 25.3. The standard InChI is InChI=1S/C20H28O8/c1-4-25-12-18(28-14-21)13-27-20(23)17-7-5-16(6-8-17)19(22)26-10-9-15(2)11-24-3/h5-8,14-15,18H,4,9-13H2,1-3H3. The molecule has 0 spiro atoms. The third-order valence-corrected chi connectivity index (χ3v) is 3.81. The average Bonchev–Trinajstić information content (AvgIpc) is 2.70. The Labute approximate surface area is 165 Å². The summed E-state index contributed by atoms with van der Waals surface area (Å²) in [6.45, 7) is 5.47. The molecule has 1 aromatic rings. The lowest BCUT2D eigenvalue weighted by molar-refractivity contribution is -0.139. The summed E-state index contributed by atoms with van der Waals surface area (Å²) in [6.07, 6.45) is 0.0339. The van der Waals surface area contributed by atoms with Gasteiger partial charge in [0.05, 0.1) is 24.3 Å². The Bertz CT molecular complexity index is 599. The minimum Gasteiger partial charge on any atom is -0.462 e. The molecule has 0 aliphatic rings. The highest BCUT2D eigenvalue weighted by molar-refractivity contribution is 5.93. The number of hydrogen-bond acceptors (Lipinski definition) is 8. The van der Waals surface area contributed by atoms with E-state index < -0.39 is 18.0 Å². The van der Waals surface area contributed by atoms with Crippen molar-refractivity contribution < 1.29 is 38.1 Å². The number of rotatable bonds is 14. The van der Waals surface area contributed by atoms with Crippen LogP contribution in [-0.2, 0) is 28.5 Å². The third-order valence-electron chi connectivity index (χ3n) is 3.81. The molecule has 156 valence electrons. The summed E-state index contributed by atoms with van der Waals surface area (Å²) in [7, 11) is 1.63. The van der Waals surface area contributed by atoms with Crippen molar-refractivity contribution >= 4 is 18.4 Å². The smallest absolute Gasteiger partial charge is 0.338 e. The highest BCUT2D eigenvalue weighted by Crippen LogP contribution is 2.10. The molecule has 8 nitrogen and oxygen atoms in total. The molecule has 1 aromatic carbocycles. The first-order valence-corrected chi connectivity index (χ1v) is 9.11. The summed E-state index contributed by atoms with van der Waals surface area (Å²) in [6, 6.07) is 5.95. The number of carbonyl (C=O) groups is 3. The number of carbonyl (C=O) groups excluding carboxylic acids is 3. The van der Waals surface area contributed by atoms with Gasteiger partial charge in [0.15, 0.2) is 6.10 Å². The van der Waals surface area contributed by atoms with E-state index in [2.05, 4.69) is 0 Å². The maximum absolute atomic E-state index is 12.1. The minimum atomic E-state index is -0.670. The number of hydrogen-bond donors (Lipinski definition) is 0. The monoisotopic (exact) mass is 396 g/mol. The minimum absolute atomic E-state index is 0.124. The van der Waals surface area contributed by atoms with Gasteiger partial charge < -0.3 is 23.7 Å². The Morgan fingerprint density at radius 3 is 2.14 bits per heavy atom. The summed E-state index contributed by atoms with van der Waals surface area (Å²) >= 11 is 0. The molecule has 28 heavy (non-hydrogen) atoms. The van der Waals surface area contributed by atoms with Crippen LogP contribution in [0.15, 0.2) is 24.3 Å². The largest absolute Gasteiger partial charge is 0.462 e. The van der Waals surface area contributed by atoms with Gasteiger partial charge >= 0.3 is 11.9 Å². The van der Waals surface area contributed by atoms with Crippen LogP contribution in [0.3, 0.4) is 0 Å². The second kappa shape index (κ2) is 13.7. The molecule has 0 aliphatic heterocycles.